The van der Waals surface area contributed by atoms with E-state index in [4.69, 9.17) is 4.74 Å². The van der Waals surface area contributed by atoms with Crippen molar-refractivity contribution in [2.75, 3.05) is 5.32 Å². The van der Waals surface area contributed by atoms with Crippen molar-refractivity contribution >= 4 is 27.7 Å². The molecule has 1 amide bonds. The van der Waals surface area contributed by atoms with Gasteiger partial charge in [-0.2, -0.15) is 0 Å². The van der Waals surface area contributed by atoms with Gasteiger partial charge in [-0.25, -0.2) is 4.79 Å². The Morgan fingerprint density at radius 1 is 1.37 bits per heavy atom. The number of benzene rings is 1. The molecule has 1 N–H and O–H groups in total. The lowest BCUT2D eigenvalue weighted by Gasteiger charge is -2.13. The zero-order chi connectivity index (χ0) is 14.6. The maximum atomic E-state index is 12.0. The lowest BCUT2D eigenvalue weighted by atomic mass is 10.3. The standard InChI is InChI=1S/C11H11BrF3NO3/c1-6(2)18-10(17)16-7-3-4-9(8(12)5-7)19-11(13,14)15/h3-6H,1-2H3,(H,16,17). The molecule has 1 aromatic rings. The van der Waals surface area contributed by atoms with Crippen molar-refractivity contribution in [3.05, 3.63) is 22.7 Å². The molecule has 0 fully saturated rings. The van der Waals surface area contributed by atoms with Crippen LogP contribution in [-0.4, -0.2) is 18.6 Å². The third kappa shape index (κ3) is 5.82. The Bertz CT molecular complexity index is 463. The molecule has 0 atom stereocenters. The molecule has 106 valence electrons. The second-order valence-corrected chi connectivity index (χ2v) is 4.63. The van der Waals surface area contributed by atoms with Crippen LogP contribution in [0.3, 0.4) is 0 Å². The molecule has 1 rings (SSSR count). The van der Waals surface area contributed by atoms with Crippen LogP contribution in [0.25, 0.3) is 0 Å². The summed E-state index contributed by atoms with van der Waals surface area (Å²) in [4.78, 5) is 11.3. The number of amides is 1. The second-order valence-electron chi connectivity index (χ2n) is 3.77. The maximum absolute atomic E-state index is 12.0. The average Bonchev–Trinajstić information content (AvgIpc) is 2.19. The van der Waals surface area contributed by atoms with Crippen molar-refractivity contribution < 1.29 is 27.4 Å². The van der Waals surface area contributed by atoms with Crippen LogP contribution in [0.1, 0.15) is 13.8 Å². The van der Waals surface area contributed by atoms with Crippen LogP contribution in [0.2, 0.25) is 0 Å². The van der Waals surface area contributed by atoms with Crippen LogP contribution < -0.4 is 10.1 Å². The van der Waals surface area contributed by atoms with Gasteiger partial charge in [0.2, 0.25) is 0 Å². The Balaban J connectivity index is 2.74. The average molecular weight is 342 g/mol. The van der Waals surface area contributed by atoms with Crippen LogP contribution in [0, 0.1) is 0 Å². The molecule has 1 aromatic carbocycles. The Kier molecular flexibility index (Phi) is 5.04. The van der Waals surface area contributed by atoms with Crippen LogP contribution in [0.4, 0.5) is 23.7 Å². The molecular weight excluding hydrogens is 331 g/mol. The molecule has 0 radical (unpaired) electrons. The molecule has 4 nitrogen and oxygen atoms in total. The highest BCUT2D eigenvalue weighted by atomic mass is 79.9. The van der Waals surface area contributed by atoms with Gasteiger partial charge in [-0.15, -0.1) is 13.2 Å². The third-order valence-corrected chi connectivity index (χ3v) is 2.37. The quantitative estimate of drug-likeness (QED) is 0.891. The number of nitrogens with one attached hydrogen (secondary N) is 1. The zero-order valence-corrected chi connectivity index (χ0v) is 11.6. The van der Waals surface area contributed by atoms with E-state index in [1.54, 1.807) is 13.8 Å². The molecule has 0 unspecified atom stereocenters. The Labute approximate surface area is 116 Å². The van der Waals surface area contributed by atoms with E-state index in [1.165, 1.54) is 12.1 Å². The van der Waals surface area contributed by atoms with Crippen molar-refractivity contribution in [2.45, 2.75) is 26.3 Å². The van der Waals surface area contributed by atoms with Crippen LogP contribution >= 0.6 is 15.9 Å². The lowest BCUT2D eigenvalue weighted by molar-refractivity contribution is -0.274. The molecule has 0 aromatic heterocycles. The fraction of sp³-hybridized carbons (Fsp3) is 0.364. The normalized spacial score (nSPS) is 11.3. The summed E-state index contributed by atoms with van der Waals surface area (Å²) < 4.78 is 44.8. The molecule has 8 heteroatoms. The van der Waals surface area contributed by atoms with E-state index in [9.17, 15) is 18.0 Å². The number of hydrogen-bond acceptors (Lipinski definition) is 3. The van der Waals surface area contributed by atoms with Crippen molar-refractivity contribution in [3.8, 4) is 5.75 Å². The molecule has 0 saturated carbocycles. The predicted octanol–water partition coefficient (Wildman–Crippen LogP) is 4.30. The largest absolute Gasteiger partial charge is 0.573 e. The third-order valence-electron chi connectivity index (χ3n) is 1.75. The monoisotopic (exact) mass is 341 g/mol. The maximum Gasteiger partial charge on any atom is 0.573 e. The topological polar surface area (TPSA) is 47.6 Å². The minimum absolute atomic E-state index is 0.0622. The van der Waals surface area contributed by atoms with Crippen molar-refractivity contribution in [3.63, 3.8) is 0 Å². The number of rotatable bonds is 3. The number of carbonyl (C=O) groups is 1. The summed E-state index contributed by atoms with van der Waals surface area (Å²) in [5.41, 5.74) is 0.284. The summed E-state index contributed by atoms with van der Waals surface area (Å²) in [7, 11) is 0. The van der Waals surface area contributed by atoms with Gasteiger partial charge in [0, 0.05) is 5.69 Å². The summed E-state index contributed by atoms with van der Waals surface area (Å²) >= 11 is 2.92. The van der Waals surface area contributed by atoms with Gasteiger partial charge < -0.3 is 9.47 Å². The second kappa shape index (κ2) is 6.14. The Morgan fingerprint density at radius 2 is 2.00 bits per heavy atom. The fourth-order valence-electron chi connectivity index (χ4n) is 1.15. The van der Waals surface area contributed by atoms with Crippen molar-refractivity contribution in [1.29, 1.82) is 0 Å². The van der Waals surface area contributed by atoms with Gasteiger partial charge in [-0.1, -0.05) is 0 Å². The van der Waals surface area contributed by atoms with E-state index in [1.807, 2.05) is 0 Å². The summed E-state index contributed by atoms with van der Waals surface area (Å²) in [6, 6.07) is 3.64. The van der Waals surface area contributed by atoms with Crippen LogP contribution in [0.5, 0.6) is 5.75 Å². The highest BCUT2D eigenvalue weighted by Crippen LogP contribution is 2.32. The first-order valence-electron chi connectivity index (χ1n) is 5.20. The number of alkyl halides is 3. The molecule has 0 saturated heterocycles. The number of ether oxygens (including phenoxy) is 2. The van der Waals surface area contributed by atoms with Gasteiger partial charge in [-0.3, -0.25) is 5.32 Å². The fourth-order valence-corrected chi connectivity index (χ4v) is 1.61. The molecule has 0 spiro atoms. The lowest BCUT2D eigenvalue weighted by Crippen LogP contribution is -2.19. The Hall–Kier alpha value is -1.44. The summed E-state index contributed by atoms with van der Waals surface area (Å²) in [5, 5.41) is 2.38. The minimum Gasteiger partial charge on any atom is -0.447 e. The van der Waals surface area contributed by atoms with E-state index >= 15 is 0 Å². The first-order valence-corrected chi connectivity index (χ1v) is 5.99. The van der Waals surface area contributed by atoms with E-state index < -0.39 is 18.2 Å². The minimum atomic E-state index is -4.77. The van der Waals surface area contributed by atoms with Gasteiger partial charge in [-0.05, 0) is 48.0 Å². The number of halogens is 4. The first kappa shape index (κ1) is 15.6. The van der Waals surface area contributed by atoms with Gasteiger partial charge in [0.05, 0.1) is 10.6 Å². The molecule has 0 aliphatic heterocycles. The van der Waals surface area contributed by atoms with Crippen LogP contribution in [0.15, 0.2) is 22.7 Å². The number of carbonyl (C=O) groups excluding carboxylic acids is 1. The summed E-state index contributed by atoms with van der Waals surface area (Å²) in [5.74, 6) is -0.393. The molecule has 19 heavy (non-hydrogen) atoms. The van der Waals surface area contributed by atoms with E-state index in [0.717, 1.165) is 6.07 Å². The van der Waals surface area contributed by atoms with E-state index in [2.05, 4.69) is 26.0 Å². The Morgan fingerprint density at radius 3 is 2.47 bits per heavy atom. The SMILES string of the molecule is CC(C)OC(=O)Nc1ccc(OC(F)(F)F)c(Br)c1. The highest BCUT2D eigenvalue weighted by Gasteiger charge is 2.31. The van der Waals surface area contributed by atoms with Gasteiger partial charge >= 0.3 is 12.5 Å². The molecule has 0 aliphatic rings. The highest BCUT2D eigenvalue weighted by molar-refractivity contribution is 9.10. The molecule has 0 heterocycles. The van der Waals surface area contributed by atoms with Crippen molar-refractivity contribution in [1.82, 2.24) is 0 Å². The van der Waals surface area contributed by atoms with E-state index in [-0.39, 0.29) is 16.3 Å². The first-order chi connectivity index (χ1) is 8.67. The van der Waals surface area contributed by atoms with Crippen LogP contribution in [-0.2, 0) is 4.74 Å². The van der Waals surface area contributed by atoms with Gasteiger partial charge in [0.1, 0.15) is 5.75 Å². The smallest absolute Gasteiger partial charge is 0.447 e. The van der Waals surface area contributed by atoms with E-state index in [0.29, 0.717) is 0 Å². The number of hydrogen-bond donors (Lipinski definition) is 1. The molecule has 0 aliphatic carbocycles. The van der Waals surface area contributed by atoms with Crippen molar-refractivity contribution in [2.24, 2.45) is 0 Å². The van der Waals surface area contributed by atoms with Gasteiger partial charge in [0.15, 0.2) is 0 Å². The predicted molar refractivity (Wildman–Crippen MR) is 66.1 cm³/mol. The zero-order valence-electron chi connectivity index (χ0n) is 10.0. The summed E-state index contributed by atoms with van der Waals surface area (Å²) in [6.45, 7) is 3.35. The van der Waals surface area contributed by atoms with Gasteiger partial charge in [0.25, 0.3) is 0 Å². The summed E-state index contributed by atoms with van der Waals surface area (Å²) in [6.07, 6.45) is -5.75. The molecular formula is C11H11BrF3NO3. The molecule has 0 bridgehead atoms. The number of anilines is 1.